The summed E-state index contributed by atoms with van der Waals surface area (Å²) in [5.74, 6) is 6.68. The molecule has 5 N–H and O–H groups in total. The lowest BCUT2D eigenvalue weighted by molar-refractivity contribution is 0.122. The van der Waals surface area contributed by atoms with Gasteiger partial charge >= 0.3 is 0 Å². The first-order valence-corrected chi connectivity index (χ1v) is 6.23. The molecule has 1 saturated heterocycles. The summed E-state index contributed by atoms with van der Waals surface area (Å²) in [5.41, 5.74) is 2.43. The molecule has 0 amide bonds. The van der Waals surface area contributed by atoms with Crippen molar-refractivity contribution in [3.8, 4) is 0 Å². The Bertz CT molecular complexity index is 397. The minimum atomic E-state index is 0.121. The van der Waals surface area contributed by atoms with Crippen LogP contribution in [-0.4, -0.2) is 59.5 Å². The molecule has 0 radical (unpaired) electrons. The number of hydrazine groups is 1. The average Bonchev–Trinajstić information content (AvgIpc) is 2.48. The Morgan fingerprint density at radius 1 is 1.21 bits per heavy atom. The molecule has 19 heavy (non-hydrogen) atoms. The van der Waals surface area contributed by atoms with Crippen molar-refractivity contribution in [3.05, 3.63) is 0 Å². The Hall–Kier alpha value is -1.71. The molecule has 2 heterocycles. The first-order valence-electron chi connectivity index (χ1n) is 6.23. The zero-order chi connectivity index (χ0) is 13.5. The van der Waals surface area contributed by atoms with Crippen molar-refractivity contribution in [2.45, 2.75) is 6.42 Å². The van der Waals surface area contributed by atoms with E-state index in [2.05, 4.69) is 25.7 Å². The second kappa shape index (κ2) is 7.02. The molecule has 0 bridgehead atoms. The van der Waals surface area contributed by atoms with E-state index in [0.717, 1.165) is 13.1 Å². The zero-order valence-electron chi connectivity index (χ0n) is 10.7. The number of aromatic nitrogens is 3. The van der Waals surface area contributed by atoms with Crippen molar-refractivity contribution in [3.63, 3.8) is 0 Å². The van der Waals surface area contributed by atoms with E-state index >= 15 is 0 Å². The SMILES string of the molecule is NNc1nc(NCCCO)nc(N2CCOCC2)n1. The van der Waals surface area contributed by atoms with Gasteiger partial charge in [-0.15, -0.1) is 0 Å². The summed E-state index contributed by atoms with van der Waals surface area (Å²) in [6, 6.07) is 0. The van der Waals surface area contributed by atoms with Crippen LogP contribution in [-0.2, 0) is 4.74 Å². The number of ether oxygens (including phenoxy) is 1. The van der Waals surface area contributed by atoms with Crippen LogP contribution < -0.4 is 21.5 Å². The number of hydrogen-bond acceptors (Lipinski definition) is 9. The fraction of sp³-hybridized carbons (Fsp3) is 0.700. The lowest BCUT2D eigenvalue weighted by atomic mass is 10.4. The number of aliphatic hydroxyl groups is 1. The molecule has 2 rings (SSSR count). The van der Waals surface area contributed by atoms with Gasteiger partial charge in [0.05, 0.1) is 13.2 Å². The van der Waals surface area contributed by atoms with Crippen molar-refractivity contribution < 1.29 is 9.84 Å². The monoisotopic (exact) mass is 269 g/mol. The van der Waals surface area contributed by atoms with Gasteiger partial charge in [-0.1, -0.05) is 0 Å². The molecular weight excluding hydrogens is 250 g/mol. The minimum Gasteiger partial charge on any atom is -0.396 e. The van der Waals surface area contributed by atoms with E-state index in [1.165, 1.54) is 0 Å². The first-order chi connectivity index (χ1) is 9.33. The molecule has 1 aromatic heterocycles. The average molecular weight is 269 g/mol. The number of anilines is 3. The lowest BCUT2D eigenvalue weighted by Crippen LogP contribution is -2.37. The molecule has 9 nitrogen and oxygen atoms in total. The molecule has 9 heteroatoms. The molecule has 106 valence electrons. The second-order valence-corrected chi connectivity index (χ2v) is 4.03. The smallest absolute Gasteiger partial charge is 0.243 e. The van der Waals surface area contributed by atoms with Crippen LogP contribution in [0.4, 0.5) is 17.8 Å². The van der Waals surface area contributed by atoms with E-state index in [1.54, 1.807) is 0 Å². The van der Waals surface area contributed by atoms with Gasteiger partial charge < -0.3 is 20.1 Å². The van der Waals surface area contributed by atoms with Gasteiger partial charge in [-0.3, -0.25) is 5.43 Å². The quantitative estimate of drug-likeness (QED) is 0.286. The number of morpholine rings is 1. The molecule has 1 aliphatic rings. The van der Waals surface area contributed by atoms with Crippen LogP contribution in [0.3, 0.4) is 0 Å². The van der Waals surface area contributed by atoms with Crippen molar-refractivity contribution in [2.75, 3.05) is 55.1 Å². The van der Waals surface area contributed by atoms with Gasteiger partial charge in [0.15, 0.2) is 0 Å². The molecule has 1 aromatic rings. The van der Waals surface area contributed by atoms with E-state index in [9.17, 15) is 0 Å². The van der Waals surface area contributed by atoms with Gasteiger partial charge in [-0.05, 0) is 6.42 Å². The summed E-state index contributed by atoms with van der Waals surface area (Å²) >= 11 is 0. The highest BCUT2D eigenvalue weighted by Gasteiger charge is 2.16. The fourth-order valence-corrected chi connectivity index (χ4v) is 1.69. The summed E-state index contributed by atoms with van der Waals surface area (Å²) in [5, 5.41) is 11.8. The maximum Gasteiger partial charge on any atom is 0.243 e. The molecule has 0 aliphatic carbocycles. The Morgan fingerprint density at radius 2 is 1.95 bits per heavy atom. The van der Waals surface area contributed by atoms with Crippen LogP contribution in [0.25, 0.3) is 0 Å². The van der Waals surface area contributed by atoms with Crippen LogP contribution in [0.15, 0.2) is 0 Å². The topological polar surface area (TPSA) is 121 Å². The van der Waals surface area contributed by atoms with Gasteiger partial charge in [-0.25, -0.2) is 5.84 Å². The van der Waals surface area contributed by atoms with Crippen molar-refractivity contribution in [1.82, 2.24) is 15.0 Å². The third-order valence-corrected chi connectivity index (χ3v) is 2.66. The summed E-state index contributed by atoms with van der Waals surface area (Å²) < 4.78 is 5.29. The van der Waals surface area contributed by atoms with E-state index in [0.29, 0.717) is 44.0 Å². The molecule has 0 aromatic carbocycles. The second-order valence-electron chi connectivity index (χ2n) is 4.03. The van der Waals surface area contributed by atoms with Gasteiger partial charge in [0, 0.05) is 26.2 Å². The normalized spacial score (nSPS) is 15.4. The Balaban J connectivity index is 2.10. The summed E-state index contributed by atoms with van der Waals surface area (Å²) in [6.07, 6.45) is 0.629. The number of hydrogen-bond donors (Lipinski definition) is 4. The minimum absolute atomic E-state index is 0.121. The number of nitrogen functional groups attached to an aromatic ring is 1. The van der Waals surface area contributed by atoms with Gasteiger partial charge in [0.1, 0.15) is 0 Å². The van der Waals surface area contributed by atoms with Crippen molar-refractivity contribution >= 4 is 17.8 Å². The maximum absolute atomic E-state index is 8.76. The van der Waals surface area contributed by atoms with Crippen LogP contribution in [0.1, 0.15) is 6.42 Å². The van der Waals surface area contributed by atoms with Crippen LogP contribution in [0, 0.1) is 0 Å². The zero-order valence-corrected chi connectivity index (χ0v) is 10.7. The molecule has 0 unspecified atom stereocenters. The number of nitrogens with one attached hydrogen (secondary N) is 2. The highest BCUT2D eigenvalue weighted by atomic mass is 16.5. The summed E-state index contributed by atoms with van der Waals surface area (Å²) in [4.78, 5) is 14.7. The molecular formula is C10H19N7O2. The highest BCUT2D eigenvalue weighted by molar-refractivity contribution is 5.43. The Labute approximate surface area is 111 Å². The Morgan fingerprint density at radius 3 is 2.63 bits per heavy atom. The van der Waals surface area contributed by atoms with Crippen LogP contribution >= 0.6 is 0 Å². The van der Waals surface area contributed by atoms with E-state index in [-0.39, 0.29) is 6.61 Å². The maximum atomic E-state index is 8.76. The van der Waals surface area contributed by atoms with Crippen molar-refractivity contribution in [1.29, 1.82) is 0 Å². The standard InChI is InChI=1S/C10H19N7O2/c11-16-9-13-8(12-2-1-5-18)14-10(15-9)17-3-6-19-7-4-17/h18H,1-7,11H2,(H2,12,13,14,15,16). The summed E-state index contributed by atoms with van der Waals surface area (Å²) in [7, 11) is 0. The largest absolute Gasteiger partial charge is 0.396 e. The van der Waals surface area contributed by atoms with E-state index < -0.39 is 0 Å². The van der Waals surface area contributed by atoms with E-state index in [4.69, 9.17) is 15.7 Å². The van der Waals surface area contributed by atoms with Crippen molar-refractivity contribution in [2.24, 2.45) is 5.84 Å². The highest BCUT2D eigenvalue weighted by Crippen LogP contribution is 2.14. The van der Waals surface area contributed by atoms with Crippen LogP contribution in [0.5, 0.6) is 0 Å². The molecule has 0 atom stereocenters. The van der Waals surface area contributed by atoms with Gasteiger partial charge in [-0.2, -0.15) is 15.0 Å². The third kappa shape index (κ3) is 3.88. The molecule has 0 saturated carbocycles. The summed E-state index contributed by atoms with van der Waals surface area (Å²) in [6.45, 7) is 3.51. The molecule has 1 aliphatic heterocycles. The number of rotatable bonds is 6. The van der Waals surface area contributed by atoms with E-state index in [1.807, 2.05) is 4.90 Å². The van der Waals surface area contributed by atoms with Crippen LogP contribution in [0.2, 0.25) is 0 Å². The lowest BCUT2D eigenvalue weighted by Gasteiger charge is -2.27. The third-order valence-electron chi connectivity index (χ3n) is 2.66. The number of nitrogens with two attached hydrogens (primary N) is 1. The Kier molecular flexibility index (Phi) is 5.07. The number of aliphatic hydroxyl groups excluding tert-OH is 1. The first kappa shape index (κ1) is 13.7. The molecule has 1 fully saturated rings. The predicted octanol–water partition coefficient (Wildman–Crippen LogP) is -1.21. The fourth-order valence-electron chi connectivity index (χ4n) is 1.69. The molecule has 0 spiro atoms. The van der Waals surface area contributed by atoms with Gasteiger partial charge in [0.2, 0.25) is 17.8 Å². The van der Waals surface area contributed by atoms with Gasteiger partial charge in [0.25, 0.3) is 0 Å². The number of nitrogens with zero attached hydrogens (tertiary/aromatic N) is 4. The predicted molar refractivity (Wildman–Crippen MR) is 70.9 cm³/mol.